The second kappa shape index (κ2) is 7.79. The number of hydrogen-bond acceptors (Lipinski definition) is 7. The molecule has 7 nitrogen and oxygen atoms in total. The van der Waals surface area contributed by atoms with E-state index in [1.54, 1.807) is 31.2 Å². The van der Waals surface area contributed by atoms with Crippen molar-refractivity contribution in [2.24, 2.45) is 22.7 Å². The number of ketones is 2. The zero-order valence-corrected chi connectivity index (χ0v) is 20.7. The molecule has 4 N–H and O–H groups in total. The van der Waals surface area contributed by atoms with Gasteiger partial charge < -0.3 is 25.4 Å². The fourth-order valence-electron chi connectivity index (χ4n) is 8.42. The van der Waals surface area contributed by atoms with Crippen LogP contribution in [0.2, 0.25) is 0 Å². The highest BCUT2D eigenvalue weighted by Gasteiger charge is 2.80. The summed E-state index contributed by atoms with van der Waals surface area (Å²) in [5.41, 5.74) is 0.419. The highest BCUT2D eigenvalue weighted by Crippen LogP contribution is 2.72. The van der Waals surface area contributed by atoms with Gasteiger partial charge in [-0.05, 0) is 62.0 Å². The summed E-state index contributed by atoms with van der Waals surface area (Å²) in [4.78, 5) is 25.5. The van der Waals surface area contributed by atoms with E-state index in [2.05, 4.69) is 0 Å². The lowest BCUT2D eigenvalue weighted by Crippen LogP contribution is -2.70. The van der Waals surface area contributed by atoms with Crippen molar-refractivity contribution in [3.63, 3.8) is 0 Å². The Kier molecular flexibility index (Phi) is 5.23. The number of Topliss-reactive ketones (excluding diaryl/α,β-unsaturated/α-hetero) is 1. The SMILES string of the molecule is C[C@]12C=CC(=O)C=C1[C@@H](F)C[C@H]1[C@@H]3C[C@H]4O[C@@H](c5cccc(N)c5)O[C@@]4(C(=O)CO)[C@@]3(C)C[C@H](O)[C@@]12F. The first kappa shape index (κ1) is 24.9. The van der Waals surface area contributed by atoms with Gasteiger partial charge in [-0.15, -0.1) is 0 Å². The Morgan fingerprint density at radius 3 is 2.70 bits per heavy atom. The lowest BCUT2D eigenvalue weighted by Gasteiger charge is -2.63. The number of alkyl halides is 2. The van der Waals surface area contributed by atoms with Gasteiger partial charge in [-0.25, -0.2) is 8.78 Å². The van der Waals surface area contributed by atoms with Gasteiger partial charge in [0.25, 0.3) is 0 Å². The second-order valence-electron chi connectivity index (χ2n) is 11.7. The molecule has 4 aliphatic carbocycles. The van der Waals surface area contributed by atoms with Crippen molar-refractivity contribution in [2.75, 3.05) is 12.3 Å². The number of fused-ring (bicyclic) bond motifs is 7. The number of carbonyl (C=O) groups is 2. The molecule has 0 bridgehead atoms. The van der Waals surface area contributed by atoms with Crippen LogP contribution in [0.3, 0.4) is 0 Å². The molecular formula is C28H31F2NO6. The minimum atomic E-state index is -2.28. The molecule has 1 heterocycles. The predicted octanol–water partition coefficient (Wildman–Crippen LogP) is 2.91. The fraction of sp³-hybridized carbons (Fsp3) is 0.571. The number of hydrogen-bond donors (Lipinski definition) is 3. The average molecular weight is 516 g/mol. The Morgan fingerprint density at radius 1 is 1.24 bits per heavy atom. The maximum atomic E-state index is 17.4. The number of carbonyl (C=O) groups excluding carboxylic acids is 2. The summed E-state index contributed by atoms with van der Waals surface area (Å²) in [6, 6.07) is 6.86. The molecule has 198 valence electrons. The first-order valence-electron chi connectivity index (χ1n) is 12.7. The fourth-order valence-corrected chi connectivity index (χ4v) is 8.42. The largest absolute Gasteiger partial charge is 0.399 e. The maximum absolute atomic E-state index is 17.4. The van der Waals surface area contributed by atoms with Crippen molar-refractivity contribution in [3.8, 4) is 0 Å². The first-order valence-corrected chi connectivity index (χ1v) is 12.7. The molecule has 37 heavy (non-hydrogen) atoms. The van der Waals surface area contributed by atoms with E-state index in [1.165, 1.54) is 19.1 Å². The van der Waals surface area contributed by atoms with Crippen LogP contribution in [0.25, 0.3) is 0 Å². The van der Waals surface area contributed by atoms with Gasteiger partial charge in [-0.1, -0.05) is 25.1 Å². The van der Waals surface area contributed by atoms with Crippen LogP contribution in [0, 0.1) is 22.7 Å². The van der Waals surface area contributed by atoms with E-state index in [-0.39, 0.29) is 24.8 Å². The number of benzene rings is 1. The second-order valence-corrected chi connectivity index (χ2v) is 11.7. The Labute approximate surface area is 213 Å². The highest BCUT2D eigenvalue weighted by atomic mass is 19.1. The van der Waals surface area contributed by atoms with Crippen LogP contribution in [0.5, 0.6) is 0 Å². The number of nitrogen functional groups attached to an aromatic ring is 1. The van der Waals surface area contributed by atoms with Crippen LogP contribution in [-0.4, -0.2) is 58.0 Å². The third-order valence-electron chi connectivity index (χ3n) is 10.1. The van der Waals surface area contributed by atoms with E-state index in [0.29, 0.717) is 11.3 Å². The van der Waals surface area contributed by atoms with Gasteiger partial charge in [-0.3, -0.25) is 9.59 Å². The van der Waals surface area contributed by atoms with Crippen molar-refractivity contribution in [3.05, 3.63) is 53.6 Å². The van der Waals surface area contributed by atoms with Crippen LogP contribution < -0.4 is 5.73 Å². The molecule has 10 atom stereocenters. The van der Waals surface area contributed by atoms with Crippen molar-refractivity contribution >= 4 is 17.3 Å². The molecule has 0 radical (unpaired) electrons. The van der Waals surface area contributed by atoms with Gasteiger partial charge in [0.15, 0.2) is 29.1 Å². The van der Waals surface area contributed by atoms with E-state index in [0.717, 1.165) is 6.08 Å². The molecule has 6 rings (SSSR count). The molecule has 0 amide bonds. The van der Waals surface area contributed by atoms with Crippen LogP contribution in [0.1, 0.15) is 45.0 Å². The number of allylic oxidation sites excluding steroid dienone is 4. The van der Waals surface area contributed by atoms with Crippen LogP contribution in [0.15, 0.2) is 48.1 Å². The van der Waals surface area contributed by atoms with Gasteiger partial charge >= 0.3 is 0 Å². The van der Waals surface area contributed by atoms with E-state index in [4.69, 9.17) is 15.2 Å². The lowest BCUT2D eigenvalue weighted by molar-refractivity contribution is -0.235. The molecule has 1 aromatic rings. The minimum Gasteiger partial charge on any atom is -0.399 e. The van der Waals surface area contributed by atoms with Crippen molar-refractivity contribution in [1.29, 1.82) is 0 Å². The number of ether oxygens (including phenoxy) is 2. The number of aliphatic hydroxyl groups excluding tert-OH is 2. The summed E-state index contributed by atoms with van der Waals surface area (Å²) in [7, 11) is 0. The van der Waals surface area contributed by atoms with Gasteiger partial charge in [0.1, 0.15) is 12.8 Å². The molecule has 0 spiro atoms. The van der Waals surface area contributed by atoms with Crippen molar-refractivity contribution in [1.82, 2.24) is 0 Å². The summed E-state index contributed by atoms with van der Waals surface area (Å²) in [6.07, 6.45) is -1.44. The zero-order valence-electron chi connectivity index (χ0n) is 20.7. The lowest BCUT2D eigenvalue weighted by atomic mass is 9.44. The third-order valence-corrected chi connectivity index (χ3v) is 10.1. The Hall–Kier alpha value is -2.46. The summed E-state index contributed by atoms with van der Waals surface area (Å²) in [5.74, 6) is -2.60. The summed E-state index contributed by atoms with van der Waals surface area (Å²) in [5, 5.41) is 21.5. The van der Waals surface area contributed by atoms with Crippen LogP contribution in [-0.2, 0) is 19.1 Å². The number of nitrogens with two attached hydrogens (primary N) is 1. The van der Waals surface area contributed by atoms with E-state index in [9.17, 15) is 19.8 Å². The summed E-state index contributed by atoms with van der Waals surface area (Å²) in [6.45, 7) is 2.45. The quantitative estimate of drug-likeness (QED) is 0.530. The topological polar surface area (TPSA) is 119 Å². The van der Waals surface area contributed by atoms with Crippen molar-refractivity contribution < 1.29 is 38.1 Å². The molecule has 1 aromatic carbocycles. The Balaban J connectivity index is 1.45. The number of anilines is 1. The van der Waals surface area contributed by atoms with Gasteiger partial charge in [0, 0.05) is 28.0 Å². The van der Waals surface area contributed by atoms with E-state index < -0.39 is 76.8 Å². The molecule has 5 aliphatic rings. The average Bonchev–Trinajstić information content (AvgIpc) is 3.35. The van der Waals surface area contributed by atoms with Crippen molar-refractivity contribution in [2.45, 2.75) is 69.0 Å². The van der Waals surface area contributed by atoms with E-state index in [1.807, 2.05) is 0 Å². The normalized spacial score (nSPS) is 48.1. The Bertz CT molecular complexity index is 1250. The summed E-state index contributed by atoms with van der Waals surface area (Å²) < 4.78 is 45.6. The maximum Gasteiger partial charge on any atom is 0.193 e. The smallest absolute Gasteiger partial charge is 0.193 e. The zero-order chi connectivity index (χ0) is 26.5. The standard InChI is InChI=1S/C28H31F2NO6/c1-25-7-6-16(33)9-19(25)20(29)10-18-17-11-23-28(22(35)13-32,26(17,2)12-21(34)27(18,25)30)37-24(36-23)14-4-3-5-15(31)8-14/h3-9,17-18,20-21,23-24,32,34H,10-13,31H2,1-2H3/t17-,18-,20-,21-,23+,24+,25-,26-,27-,28+/m0/s1. The third kappa shape index (κ3) is 2.89. The first-order chi connectivity index (χ1) is 17.4. The molecule has 4 fully saturated rings. The van der Waals surface area contributed by atoms with Crippen LogP contribution >= 0.6 is 0 Å². The molecule has 9 heteroatoms. The van der Waals surface area contributed by atoms with E-state index >= 15 is 8.78 Å². The molecule has 0 unspecified atom stereocenters. The number of rotatable bonds is 3. The van der Waals surface area contributed by atoms with Gasteiger partial charge in [0.05, 0.1) is 12.2 Å². The molecule has 1 saturated heterocycles. The molecule has 0 aromatic heterocycles. The summed E-state index contributed by atoms with van der Waals surface area (Å²) >= 11 is 0. The van der Waals surface area contributed by atoms with Gasteiger partial charge in [-0.2, -0.15) is 0 Å². The van der Waals surface area contributed by atoms with Gasteiger partial charge in [0.2, 0.25) is 0 Å². The van der Waals surface area contributed by atoms with Crippen LogP contribution in [0.4, 0.5) is 14.5 Å². The molecule has 3 saturated carbocycles. The predicted molar refractivity (Wildman–Crippen MR) is 128 cm³/mol. The Morgan fingerprint density at radius 2 is 2.00 bits per heavy atom. The number of halogens is 2. The monoisotopic (exact) mass is 515 g/mol. The minimum absolute atomic E-state index is 0.0370. The molecular weight excluding hydrogens is 484 g/mol. The highest BCUT2D eigenvalue weighted by molar-refractivity contribution is 6.01. The number of aliphatic hydroxyl groups is 2. The molecule has 1 aliphatic heterocycles.